The standard InChI is InChI=1S/C23H22N4O3/c28-23(22-16-6-1-2-8-18(16)24-19-9-5-7-17(19)22)26-14-12-25(13-15-26)20-10-3-4-11-21(20)27(29)30/h1-4,6,8,10-11H,5,7,9,12-15H2. The Kier molecular flexibility index (Phi) is 4.58. The van der Waals surface area contributed by atoms with Crippen molar-refractivity contribution in [1.82, 2.24) is 9.88 Å². The number of carbonyl (C=O) groups is 1. The quantitative estimate of drug-likeness (QED) is 0.494. The smallest absolute Gasteiger partial charge is 0.292 e. The first kappa shape index (κ1) is 18.5. The Morgan fingerprint density at radius 3 is 2.50 bits per heavy atom. The van der Waals surface area contributed by atoms with Crippen molar-refractivity contribution in [2.45, 2.75) is 19.3 Å². The van der Waals surface area contributed by atoms with Crippen LogP contribution in [0.2, 0.25) is 0 Å². The Labute approximate surface area is 174 Å². The number of fused-ring (bicyclic) bond motifs is 2. The first-order chi connectivity index (χ1) is 14.6. The van der Waals surface area contributed by atoms with Crippen molar-refractivity contribution in [3.05, 3.63) is 75.5 Å². The summed E-state index contributed by atoms with van der Waals surface area (Å²) in [6.07, 6.45) is 2.85. The van der Waals surface area contributed by atoms with Gasteiger partial charge in [-0.05, 0) is 37.0 Å². The number of hydrogen-bond acceptors (Lipinski definition) is 5. The first-order valence-corrected chi connectivity index (χ1v) is 10.3. The van der Waals surface area contributed by atoms with Crippen molar-refractivity contribution in [2.75, 3.05) is 31.1 Å². The summed E-state index contributed by atoms with van der Waals surface area (Å²) in [6.45, 7) is 2.22. The summed E-state index contributed by atoms with van der Waals surface area (Å²) in [6, 6.07) is 14.7. The number of piperazine rings is 1. The predicted molar refractivity (Wildman–Crippen MR) is 115 cm³/mol. The minimum Gasteiger partial charge on any atom is -0.362 e. The van der Waals surface area contributed by atoms with Crippen LogP contribution in [0, 0.1) is 10.1 Å². The highest BCUT2D eigenvalue weighted by Crippen LogP contribution is 2.32. The molecular formula is C23H22N4O3. The molecule has 0 spiro atoms. The van der Waals surface area contributed by atoms with Gasteiger partial charge in [0, 0.05) is 43.3 Å². The Morgan fingerprint density at radius 2 is 1.70 bits per heavy atom. The average molecular weight is 402 g/mol. The molecule has 0 bridgehead atoms. The van der Waals surface area contributed by atoms with E-state index in [1.165, 1.54) is 6.07 Å². The van der Waals surface area contributed by atoms with Gasteiger partial charge in [0.25, 0.3) is 11.6 Å². The van der Waals surface area contributed by atoms with Gasteiger partial charge in [-0.2, -0.15) is 0 Å². The molecule has 1 amide bonds. The Bertz CT molecular complexity index is 1150. The molecule has 2 aliphatic rings. The lowest BCUT2D eigenvalue weighted by molar-refractivity contribution is -0.384. The maximum absolute atomic E-state index is 13.6. The van der Waals surface area contributed by atoms with E-state index in [0.29, 0.717) is 31.9 Å². The number of rotatable bonds is 3. The molecule has 0 radical (unpaired) electrons. The van der Waals surface area contributed by atoms with Gasteiger partial charge in [0.05, 0.1) is 16.0 Å². The molecule has 1 fully saturated rings. The second-order valence-electron chi connectivity index (χ2n) is 7.81. The van der Waals surface area contributed by atoms with Crippen LogP contribution in [0.3, 0.4) is 0 Å². The summed E-state index contributed by atoms with van der Waals surface area (Å²) < 4.78 is 0. The van der Waals surface area contributed by atoms with Gasteiger partial charge in [0.1, 0.15) is 5.69 Å². The molecule has 30 heavy (non-hydrogen) atoms. The van der Waals surface area contributed by atoms with Gasteiger partial charge < -0.3 is 9.80 Å². The van der Waals surface area contributed by atoms with E-state index in [4.69, 9.17) is 4.98 Å². The third-order valence-corrected chi connectivity index (χ3v) is 6.12. The van der Waals surface area contributed by atoms with Crippen molar-refractivity contribution in [2.24, 2.45) is 0 Å². The fourth-order valence-electron chi connectivity index (χ4n) is 4.65. The number of amides is 1. The van der Waals surface area contributed by atoms with Crippen LogP contribution in [-0.2, 0) is 12.8 Å². The van der Waals surface area contributed by atoms with Crippen molar-refractivity contribution >= 4 is 28.2 Å². The number of nitrogens with zero attached hydrogens (tertiary/aromatic N) is 4. The van der Waals surface area contributed by atoms with Crippen LogP contribution < -0.4 is 4.90 Å². The number of anilines is 1. The maximum Gasteiger partial charge on any atom is 0.292 e. The van der Waals surface area contributed by atoms with Gasteiger partial charge in [-0.15, -0.1) is 0 Å². The molecule has 7 heteroatoms. The minimum absolute atomic E-state index is 0.0500. The summed E-state index contributed by atoms with van der Waals surface area (Å²) in [5.74, 6) is 0.0500. The van der Waals surface area contributed by atoms with Crippen LogP contribution in [0.1, 0.15) is 28.0 Å². The molecule has 3 aromatic rings. The fourth-order valence-corrected chi connectivity index (χ4v) is 4.65. The van der Waals surface area contributed by atoms with Gasteiger partial charge in [0.15, 0.2) is 0 Å². The second kappa shape index (κ2) is 7.40. The van der Waals surface area contributed by atoms with Crippen LogP contribution in [0.25, 0.3) is 10.9 Å². The number of hydrogen-bond donors (Lipinski definition) is 0. The fraction of sp³-hybridized carbons (Fsp3) is 0.304. The largest absolute Gasteiger partial charge is 0.362 e. The second-order valence-corrected chi connectivity index (χ2v) is 7.81. The number of benzene rings is 2. The molecule has 0 atom stereocenters. The number of para-hydroxylation sites is 3. The summed E-state index contributed by atoms with van der Waals surface area (Å²) in [7, 11) is 0. The Morgan fingerprint density at radius 1 is 0.967 bits per heavy atom. The van der Waals surface area contributed by atoms with Gasteiger partial charge in [-0.3, -0.25) is 19.9 Å². The van der Waals surface area contributed by atoms with Crippen LogP contribution in [-0.4, -0.2) is 46.9 Å². The first-order valence-electron chi connectivity index (χ1n) is 10.3. The highest BCUT2D eigenvalue weighted by atomic mass is 16.6. The molecule has 0 saturated carbocycles. The molecule has 2 aromatic carbocycles. The molecule has 0 N–H and O–H groups in total. The number of carbonyl (C=O) groups excluding carboxylic acids is 1. The van der Waals surface area contributed by atoms with Crippen molar-refractivity contribution < 1.29 is 9.72 Å². The van der Waals surface area contributed by atoms with Gasteiger partial charge in [-0.25, -0.2) is 0 Å². The highest BCUT2D eigenvalue weighted by Gasteiger charge is 2.30. The SMILES string of the molecule is O=C(c1c2c(nc3ccccc13)CCC2)N1CCN(c2ccccc2[N+](=O)[O-])CC1. The highest BCUT2D eigenvalue weighted by molar-refractivity contribution is 6.08. The van der Waals surface area contributed by atoms with E-state index in [2.05, 4.69) is 0 Å². The Hall–Kier alpha value is -3.48. The predicted octanol–water partition coefficient (Wildman–Crippen LogP) is 3.59. The number of aryl methyl sites for hydroxylation is 1. The van der Waals surface area contributed by atoms with E-state index in [-0.39, 0.29) is 16.5 Å². The average Bonchev–Trinajstić information content (AvgIpc) is 3.25. The normalized spacial score (nSPS) is 16.0. The number of aromatic nitrogens is 1. The molecule has 1 aliphatic heterocycles. The molecule has 7 nitrogen and oxygen atoms in total. The molecule has 0 unspecified atom stereocenters. The lowest BCUT2D eigenvalue weighted by atomic mass is 9.99. The van der Waals surface area contributed by atoms with Crippen molar-refractivity contribution in [1.29, 1.82) is 0 Å². The van der Waals surface area contributed by atoms with Crippen LogP contribution in [0.4, 0.5) is 11.4 Å². The minimum atomic E-state index is -0.348. The third-order valence-electron chi connectivity index (χ3n) is 6.12. The van der Waals surface area contributed by atoms with Gasteiger partial charge >= 0.3 is 0 Å². The zero-order valence-electron chi connectivity index (χ0n) is 16.6. The van der Waals surface area contributed by atoms with E-state index in [0.717, 1.165) is 47.0 Å². The number of nitro benzene ring substituents is 1. The van der Waals surface area contributed by atoms with E-state index in [1.807, 2.05) is 40.1 Å². The molecular weight excluding hydrogens is 380 g/mol. The van der Waals surface area contributed by atoms with E-state index in [9.17, 15) is 14.9 Å². The van der Waals surface area contributed by atoms with Crippen molar-refractivity contribution in [3.63, 3.8) is 0 Å². The lowest BCUT2D eigenvalue weighted by Crippen LogP contribution is -2.49. The van der Waals surface area contributed by atoms with Gasteiger partial charge in [-0.1, -0.05) is 30.3 Å². The summed E-state index contributed by atoms with van der Waals surface area (Å²) in [5.41, 5.74) is 4.54. The monoisotopic (exact) mass is 402 g/mol. The summed E-state index contributed by atoms with van der Waals surface area (Å²) in [5, 5.41) is 12.3. The van der Waals surface area contributed by atoms with Crippen LogP contribution in [0.15, 0.2) is 48.5 Å². The molecule has 2 heterocycles. The van der Waals surface area contributed by atoms with E-state index >= 15 is 0 Å². The summed E-state index contributed by atoms with van der Waals surface area (Å²) in [4.78, 5) is 33.2. The summed E-state index contributed by atoms with van der Waals surface area (Å²) >= 11 is 0. The van der Waals surface area contributed by atoms with E-state index < -0.39 is 0 Å². The third kappa shape index (κ3) is 3.07. The zero-order valence-corrected chi connectivity index (χ0v) is 16.6. The molecule has 5 rings (SSSR count). The number of nitro groups is 1. The van der Waals surface area contributed by atoms with Crippen LogP contribution >= 0.6 is 0 Å². The van der Waals surface area contributed by atoms with Crippen LogP contribution in [0.5, 0.6) is 0 Å². The topological polar surface area (TPSA) is 79.6 Å². The maximum atomic E-state index is 13.6. The zero-order chi connectivity index (χ0) is 20.7. The number of pyridine rings is 1. The molecule has 152 valence electrons. The molecule has 1 aliphatic carbocycles. The van der Waals surface area contributed by atoms with Crippen molar-refractivity contribution in [3.8, 4) is 0 Å². The van der Waals surface area contributed by atoms with Gasteiger partial charge in [0.2, 0.25) is 0 Å². The lowest BCUT2D eigenvalue weighted by Gasteiger charge is -2.36. The van der Waals surface area contributed by atoms with E-state index in [1.54, 1.807) is 12.1 Å². The molecule has 1 saturated heterocycles. The Balaban J connectivity index is 1.42. The molecule has 1 aromatic heterocycles.